The van der Waals surface area contributed by atoms with E-state index in [0.29, 0.717) is 18.6 Å². The maximum Gasteiger partial charge on any atom is 0.317 e. The molecule has 0 aromatic heterocycles. The molecule has 2 rings (SSSR count). The van der Waals surface area contributed by atoms with Gasteiger partial charge >= 0.3 is 6.03 Å². The van der Waals surface area contributed by atoms with Gasteiger partial charge in [-0.15, -0.1) is 0 Å². The number of hydrogen-bond acceptors (Lipinski definition) is 2. The van der Waals surface area contributed by atoms with E-state index in [1.165, 1.54) is 19.3 Å². The van der Waals surface area contributed by atoms with Crippen molar-refractivity contribution in [3.05, 3.63) is 29.8 Å². The van der Waals surface area contributed by atoms with Crippen LogP contribution >= 0.6 is 0 Å². The zero-order chi connectivity index (χ0) is 16.7. The zero-order valence-corrected chi connectivity index (χ0v) is 14.7. The number of ether oxygens (including phenoxy) is 1. The minimum absolute atomic E-state index is 0.0303. The van der Waals surface area contributed by atoms with E-state index in [1.807, 2.05) is 31.3 Å². The van der Waals surface area contributed by atoms with Crippen molar-refractivity contribution in [2.75, 3.05) is 13.6 Å². The molecule has 0 atom stereocenters. The van der Waals surface area contributed by atoms with E-state index in [9.17, 15) is 4.79 Å². The molecule has 2 amide bonds. The van der Waals surface area contributed by atoms with Gasteiger partial charge in [0, 0.05) is 20.1 Å². The van der Waals surface area contributed by atoms with Crippen LogP contribution in [0.15, 0.2) is 24.3 Å². The summed E-state index contributed by atoms with van der Waals surface area (Å²) in [6.07, 6.45) is 6.52. The maximum atomic E-state index is 12.0. The van der Waals surface area contributed by atoms with E-state index in [1.54, 1.807) is 4.90 Å². The highest BCUT2D eigenvalue weighted by atomic mass is 16.5. The minimum Gasteiger partial charge on any atom is -0.490 e. The van der Waals surface area contributed by atoms with Gasteiger partial charge < -0.3 is 15.0 Å². The first-order valence-electron chi connectivity index (χ1n) is 8.79. The molecule has 0 spiro atoms. The van der Waals surface area contributed by atoms with Crippen LogP contribution in [0.5, 0.6) is 5.75 Å². The number of carbonyl (C=O) groups is 1. The molecule has 0 aliphatic heterocycles. The van der Waals surface area contributed by atoms with Crippen molar-refractivity contribution < 1.29 is 9.53 Å². The van der Waals surface area contributed by atoms with Gasteiger partial charge in [0.05, 0.1) is 6.10 Å². The fourth-order valence-corrected chi connectivity index (χ4v) is 3.05. The van der Waals surface area contributed by atoms with E-state index in [2.05, 4.69) is 19.2 Å². The Morgan fingerprint density at radius 1 is 1.30 bits per heavy atom. The Morgan fingerprint density at radius 2 is 2.04 bits per heavy atom. The molecule has 1 aliphatic carbocycles. The molecule has 4 heteroatoms. The molecule has 128 valence electrons. The average molecular weight is 318 g/mol. The zero-order valence-electron chi connectivity index (χ0n) is 14.7. The van der Waals surface area contributed by atoms with Gasteiger partial charge in [0.1, 0.15) is 5.75 Å². The summed E-state index contributed by atoms with van der Waals surface area (Å²) in [7, 11) is 1.83. The first-order valence-corrected chi connectivity index (χ1v) is 8.79. The lowest BCUT2D eigenvalue weighted by molar-refractivity contribution is 0.155. The van der Waals surface area contributed by atoms with Crippen LogP contribution < -0.4 is 10.1 Å². The lowest BCUT2D eigenvalue weighted by atomic mass is 9.98. The quantitative estimate of drug-likeness (QED) is 0.854. The molecule has 1 saturated carbocycles. The summed E-state index contributed by atoms with van der Waals surface area (Å²) in [5, 5.41) is 2.97. The van der Waals surface area contributed by atoms with Crippen LogP contribution in [0, 0.1) is 5.92 Å². The fraction of sp³-hybridized carbons (Fsp3) is 0.632. The lowest BCUT2D eigenvalue weighted by Gasteiger charge is -2.23. The van der Waals surface area contributed by atoms with Gasteiger partial charge in [0.25, 0.3) is 0 Å². The molecule has 1 aromatic carbocycles. The second-order valence-corrected chi connectivity index (χ2v) is 6.96. The van der Waals surface area contributed by atoms with Crippen molar-refractivity contribution in [1.29, 1.82) is 0 Å². The number of nitrogens with one attached hydrogen (secondary N) is 1. The average Bonchev–Trinajstić information content (AvgIpc) is 2.53. The van der Waals surface area contributed by atoms with Crippen LogP contribution in [0.3, 0.4) is 0 Å². The van der Waals surface area contributed by atoms with Gasteiger partial charge in [-0.1, -0.05) is 32.4 Å². The van der Waals surface area contributed by atoms with Crippen molar-refractivity contribution >= 4 is 6.03 Å². The van der Waals surface area contributed by atoms with E-state index in [4.69, 9.17) is 4.74 Å². The summed E-state index contributed by atoms with van der Waals surface area (Å²) in [5.74, 6) is 1.39. The summed E-state index contributed by atoms with van der Waals surface area (Å²) in [6.45, 7) is 5.51. The smallest absolute Gasteiger partial charge is 0.317 e. The summed E-state index contributed by atoms with van der Waals surface area (Å²) >= 11 is 0. The van der Waals surface area contributed by atoms with E-state index in [0.717, 1.165) is 30.7 Å². The summed E-state index contributed by atoms with van der Waals surface area (Å²) in [6, 6.07) is 8.04. The SMILES string of the molecule is CC(C)CN(C)C(=O)NCc1cccc(OC2CCCCC2)c1. The van der Waals surface area contributed by atoms with E-state index < -0.39 is 0 Å². The third-order valence-electron chi connectivity index (χ3n) is 4.18. The van der Waals surface area contributed by atoms with Crippen molar-refractivity contribution in [1.82, 2.24) is 10.2 Å². The highest BCUT2D eigenvalue weighted by molar-refractivity contribution is 5.73. The number of rotatable bonds is 6. The number of nitrogens with zero attached hydrogens (tertiary/aromatic N) is 1. The topological polar surface area (TPSA) is 41.6 Å². The third kappa shape index (κ3) is 6.12. The van der Waals surface area contributed by atoms with Crippen LogP contribution in [-0.2, 0) is 6.54 Å². The van der Waals surface area contributed by atoms with Crippen LogP contribution in [0.2, 0.25) is 0 Å². The highest BCUT2D eigenvalue weighted by Crippen LogP contribution is 2.23. The van der Waals surface area contributed by atoms with E-state index in [-0.39, 0.29) is 6.03 Å². The Bertz CT molecular complexity index is 496. The van der Waals surface area contributed by atoms with Gasteiger partial charge in [-0.2, -0.15) is 0 Å². The van der Waals surface area contributed by atoms with Crippen molar-refractivity contribution in [2.45, 2.75) is 58.6 Å². The normalized spacial score (nSPS) is 15.5. The molecule has 0 unspecified atom stereocenters. The summed E-state index contributed by atoms with van der Waals surface area (Å²) in [5.41, 5.74) is 1.07. The Kier molecular flexibility index (Phi) is 6.75. The molecular formula is C19H30N2O2. The Morgan fingerprint density at radius 3 is 2.74 bits per heavy atom. The minimum atomic E-state index is -0.0303. The van der Waals surface area contributed by atoms with Crippen LogP contribution in [0.4, 0.5) is 4.79 Å². The number of urea groups is 1. The largest absolute Gasteiger partial charge is 0.490 e. The van der Waals surface area contributed by atoms with E-state index >= 15 is 0 Å². The van der Waals surface area contributed by atoms with Crippen LogP contribution in [0.1, 0.15) is 51.5 Å². The van der Waals surface area contributed by atoms with Crippen LogP contribution in [-0.4, -0.2) is 30.6 Å². The Balaban J connectivity index is 1.83. The van der Waals surface area contributed by atoms with Gasteiger partial charge in [0.15, 0.2) is 0 Å². The van der Waals surface area contributed by atoms with Crippen molar-refractivity contribution in [3.63, 3.8) is 0 Å². The lowest BCUT2D eigenvalue weighted by Crippen LogP contribution is -2.38. The number of hydrogen-bond donors (Lipinski definition) is 1. The molecule has 0 radical (unpaired) electrons. The Hall–Kier alpha value is -1.71. The predicted octanol–water partition coefficient (Wildman–Crippen LogP) is 4.20. The molecule has 23 heavy (non-hydrogen) atoms. The molecule has 1 N–H and O–H groups in total. The third-order valence-corrected chi connectivity index (χ3v) is 4.18. The number of carbonyl (C=O) groups excluding carboxylic acids is 1. The maximum absolute atomic E-state index is 12.0. The molecular weight excluding hydrogens is 288 g/mol. The molecule has 0 bridgehead atoms. The summed E-state index contributed by atoms with van der Waals surface area (Å²) in [4.78, 5) is 13.8. The van der Waals surface area contributed by atoms with Gasteiger partial charge in [-0.3, -0.25) is 0 Å². The monoisotopic (exact) mass is 318 g/mol. The summed E-state index contributed by atoms with van der Waals surface area (Å²) < 4.78 is 6.08. The molecule has 0 saturated heterocycles. The van der Waals surface area contributed by atoms with Gasteiger partial charge in [-0.25, -0.2) is 4.79 Å². The standard InChI is InChI=1S/C19H30N2O2/c1-15(2)14-21(3)19(22)20-13-16-8-7-11-18(12-16)23-17-9-5-4-6-10-17/h7-8,11-12,15,17H,4-6,9-10,13-14H2,1-3H3,(H,20,22). The number of benzene rings is 1. The molecule has 0 heterocycles. The Labute approximate surface area is 140 Å². The molecule has 1 aromatic rings. The van der Waals surface area contributed by atoms with Gasteiger partial charge in [-0.05, 0) is 49.3 Å². The predicted molar refractivity (Wildman–Crippen MR) is 93.6 cm³/mol. The second-order valence-electron chi connectivity index (χ2n) is 6.96. The molecule has 4 nitrogen and oxygen atoms in total. The highest BCUT2D eigenvalue weighted by Gasteiger charge is 2.15. The fourth-order valence-electron chi connectivity index (χ4n) is 3.05. The first-order chi connectivity index (χ1) is 11.0. The number of amides is 2. The first kappa shape index (κ1) is 17.6. The second kappa shape index (κ2) is 8.80. The van der Waals surface area contributed by atoms with Crippen molar-refractivity contribution in [2.24, 2.45) is 5.92 Å². The van der Waals surface area contributed by atoms with Crippen molar-refractivity contribution in [3.8, 4) is 5.75 Å². The van der Waals surface area contributed by atoms with Gasteiger partial charge in [0.2, 0.25) is 0 Å². The van der Waals surface area contributed by atoms with Crippen LogP contribution in [0.25, 0.3) is 0 Å². The molecule has 1 aliphatic rings. The molecule has 1 fully saturated rings.